The van der Waals surface area contributed by atoms with Crippen molar-refractivity contribution in [3.05, 3.63) is 60.2 Å². The number of thioether (sulfide) groups is 1. The van der Waals surface area contributed by atoms with Crippen LogP contribution in [0.5, 0.6) is 5.75 Å². The molecule has 0 saturated carbocycles. The van der Waals surface area contributed by atoms with E-state index in [0.29, 0.717) is 12.3 Å². The van der Waals surface area contributed by atoms with Gasteiger partial charge in [0.1, 0.15) is 5.75 Å². The van der Waals surface area contributed by atoms with E-state index in [0.717, 1.165) is 18.8 Å². The first-order chi connectivity index (χ1) is 11.3. The van der Waals surface area contributed by atoms with Gasteiger partial charge in [0.2, 0.25) is 0 Å². The van der Waals surface area contributed by atoms with Gasteiger partial charge < -0.3 is 15.4 Å². The molecule has 0 atom stereocenters. The molecule has 0 bridgehead atoms. The molecular formula is C18H22N2O2S. The van der Waals surface area contributed by atoms with Gasteiger partial charge in [0.25, 0.3) is 0 Å². The summed E-state index contributed by atoms with van der Waals surface area (Å²) in [6.07, 6.45) is -0.422. The zero-order valence-corrected chi connectivity index (χ0v) is 14.1. The molecule has 0 radical (unpaired) electrons. The van der Waals surface area contributed by atoms with Crippen LogP contribution in [-0.2, 0) is 5.75 Å². The maximum Gasteiger partial charge on any atom is 0.412 e. The van der Waals surface area contributed by atoms with Crippen molar-refractivity contribution in [3.8, 4) is 5.75 Å². The fourth-order valence-electron chi connectivity index (χ4n) is 1.91. The van der Waals surface area contributed by atoms with E-state index in [9.17, 15) is 4.79 Å². The van der Waals surface area contributed by atoms with Crippen molar-refractivity contribution in [2.45, 2.75) is 17.6 Å². The van der Waals surface area contributed by atoms with Gasteiger partial charge in [-0.3, -0.25) is 0 Å². The van der Waals surface area contributed by atoms with Crippen LogP contribution in [0.1, 0.15) is 12.5 Å². The highest BCUT2D eigenvalue weighted by Gasteiger charge is 2.03. The fourth-order valence-corrected chi connectivity index (χ4v) is 2.79. The summed E-state index contributed by atoms with van der Waals surface area (Å²) in [5.74, 6) is 1.44. The van der Waals surface area contributed by atoms with Crippen molar-refractivity contribution >= 4 is 17.9 Å². The monoisotopic (exact) mass is 330 g/mol. The molecule has 0 aromatic heterocycles. The lowest BCUT2D eigenvalue weighted by atomic mass is 10.2. The molecule has 2 aromatic rings. The Morgan fingerprint density at radius 2 is 1.78 bits per heavy atom. The Labute approximate surface area is 141 Å². The van der Waals surface area contributed by atoms with E-state index in [4.69, 9.17) is 4.74 Å². The lowest BCUT2D eigenvalue weighted by Crippen LogP contribution is -2.33. The van der Waals surface area contributed by atoms with Crippen LogP contribution in [0.25, 0.3) is 0 Å². The Hall–Kier alpha value is -1.98. The van der Waals surface area contributed by atoms with Crippen LogP contribution in [0.4, 0.5) is 4.79 Å². The number of likely N-dealkylation sites (N-methyl/N-ethyl adjacent to an activating group) is 1. The smallest absolute Gasteiger partial charge is 0.410 e. The molecule has 0 aliphatic rings. The van der Waals surface area contributed by atoms with Gasteiger partial charge in [-0.25, -0.2) is 4.79 Å². The number of carbonyl (C=O) groups excluding carboxylic acids is 1. The van der Waals surface area contributed by atoms with Crippen LogP contribution in [0.15, 0.2) is 59.5 Å². The van der Waals surface area contributed by atoms with Crippen molar-refractivity contribution in [1.29, 1.82) is 0 Å². The minimum atomic E-state index is -0.422. The summed E-state index contributed by atoms with van der Waals surface area (Å²) in [5.41, 5.74) is 1.19. The normalized spacial score (nSPS) is 10.3. The van der Waals surface area contributed by atoms with E-state index < -0.39 is 6.09 Å². The molecule has 2 rings (SSSR count). The topological polar surface area (TPSA) is 50.4 Å². The molecule has 1 amide bonds. The van der Waals surface area contributed by atoms with Gasteiger partial charge in [-0.2, -0.15) is 0 Å². The first kappa shape index (κ1) is 17.4. The lowest BCUT2D eigenvalue weighted by Gasteiger charge is -2.07. The number of hydrogen-bond acceptors (Lipinski definition) is 4. The molecule has 122 valence electrons. The minimum absolute atomic E-state index is 0.422. The average Bonchev–Trinajstić information content (AvgIpc) is 2.59. The summed E-state index contributed by atoms with van der Waals surface area (Å²) in [5, 5.41) is 5.83. The highest BCUT2D eigenvalue weighted by Crippen LogP contribution is 2.23. The second kappa shape index (κ2) is 9.92. The van der Waals surface area contributed by atoms with E-state index >= 15 is 0 Å². The van der Waals surface area contributed by atoms with E-state index in [1.807, 2.05) is 49.4 Å². The molecule has 0 heterocycles. The third-order valence-corrected chi connectivity index (χ3v) is 4.19. The molecule has 2 N–H and O–H groups in total. The average molecular weight is 330 g/mol. The molecular weight excluding hydrogens is 308 g/mol. The Morgan fingerprint density at radius 1 is 1.04 bits per heavy atom. The van der Waals surface area contributed by atoms with Crippen molar-refractivity contribution < 1.29 is 9.53 Å². The largest absolute Gasteiger partial charge is 0.412 e. The maximum atomic E-state index is 11.6. The quantitative estimate of drug-likeness (QED) is 0.573. The zero-order valence-electron chi connectivity index (χ0n) is 13.2. The SMILES string of the molecule is CCNCCNC(=O)Oc1ccc(CSc2ccccc2)cc1. The molecule has 0 unspecified atom stereocenters. The van der Waals surface area contributed by atoms with Crippen LogP contribution in [0, 0.1) is 0 Å². The second-order valence-electron chi connectivity index (χ2n) is 4.92. The summed E-state index contributed by atoms with van der Waals surface area (Å²) in [4.78, 5) is 12.8. The summed E-state index contributed by atoms with van der Waals surface area (Å²) in [6.45, 7) is 4.20. The van der Waals surface area contributed by atoms with Crippen molar-refractivity contribution in [3.63, 3.8) is 0 Å². The number of carbonyl (C=O) groups is 1. The van der Waals surface area contributed by atoms with Gasteiger partial charge in [-0.1, -0.05) is 37.3 Å². The molecule has 4 nitrogen and oxygen atoms in total. The van der Waals surface area contributed by atoms with Crippen molar-refractivity contribution in [2.75, 3.05) is 19.6 Å². The van der Waals surface area contributed by atoms with Crippen LogP contribution >= 0.6 is 11.8 Å². The third kappa shape index (κ3) is 6.76. The van der Waals surface area contributed by atoms with E-state index in [1.54, 1.807) is 11.8 Å². The van der Waals surface area contributed by atoms with E-state index in [1.165, 1.54) is 10.5 Å². The van der Waals surface area contributed by atoms with Gasteiger partial charge in [-0.05, 0) is 36.4 Å². The number of nitrogens with one attached hydrogen (secondary N) is 2. The van der Waals surface area contributed by atoms with Crippen LogP contribution in [0.2, 0.25) is 0 Å². The predicted molar refractivity (Wildman–Crippen MR) is 95.0 cm³/mol. The number of benzene rings is 2. The fraction of sp³-hybridized carbons (Fsp3) is 0.278. The Bertz CT molecular complexity index is 588. The van der Waals surface area contributed by atoms with Crippen molar-refractivity contribution in [2.24, 2.45) is 0 Å². The Kier molecular flexibility index (Phi) is 7.49. The van der Waals surface area contributed by atoms with E-state index in [-0.39, 0.29) is 0 Å². The number of ether oxygens (including phenoxy) is 1. The Morgan fingerprint density at radius 3 is 2.48 bits per heavy atom. The van der Waals surface area contributed by atoms with Gasteiger partial charge in [0.05, 0.1) is 0 Å². The molecule has 0 spiro atoms. The molecule has 0 aliphatic carbocycles. The summed E-state index contributed by atoms with van der Waals surface area (Å²) < 4.78 is 5.23. The Balaban J connectivity index is 1.74. The van der Waals surface area contributed by atoms with Crippen LogP contribution in [0.3, 0.4) is 0 Å². The first-order valence-corrected chi connectivity index (χ1v) is 8.69. The maximum absolute atomic E-state index is 11.6. The third-order valence-electron chi connectivity index (χ3n) is 3.10. The van der Waals surface area contributed by atoms with Gasteiger partial charge >= 0.3 is 6.09 Å². The standard InChI is InChI=1S/C18H22N2O2S/c1-2-19-12-13-20-18(21)22-16-10-8-15(9-11-16)14-23-17-6-4-3-5-7-17/h3-11,19H,2,12-14H2,1H3,(H,20,21). The van der Waals surface area contributed by atoms with Crippen molar-refractivity contribution in [1.82, 2.24) is 10.6 Å². The number of hydrogen-bond donors (Lipinski definition) is 2. The molecule has 0 aliphatic heterocycles. The molecule has 2 aromatic carbocycles. The zero-order chi connectivity index (χ0) is 16.3. The van der Waals surface area contributed by atoms with Gasteiger partial charge in [-0.15, -0.1) is 11.8 Å². The first-order valence-electron chi connectivity index (χ1n) is 7.71. The number of amides is 1. The second-order valence-corrected chi connectivity index (χ2v) is 5.96. The predicted octanol–water partition coefficient (Wildman–Crippen LogP) is 3.68. The minimum Gasteiger partial charge on any atom is -0.410 e. The highest BCUT2D eigenvalue weighted by molar-refractivity contribution is 7.98. The molecule has 5 heteroatoms. The summed E-state index contributed by atoms with van der Waals surface area (Å²) >= 11 is 1.78. The summed E-state index contributed by atoms with van der Waals surface area (Å²) in [7, 11) is 0. The summed E-state index contributed by atoms with van der Waals surface area (Å²) in [6, 6.07) is 17.9. The molecule has 0 fully saturated rings. The molecule has 23 heavy (non-hydrogen) atoms. The van der Waals surface area contributed by atoms with Crippen LogP contribution < -0.4 is 15.4 Å². The van der Waals surface area contributed by atoms with Crippen LogP contribution in [-0.4, -0.2) is 25.7 Å². The van der Waals surface area contributed by atoms with Gasteiger partial charge in [0.15, 0.2) is 0 Å². The van der Waals surface area contributed by atoms with E-state index in [2.05, 4.69) is 22.8 Å². The lowest BCUT2D eigenvalue weighted by molar-refractivity contribution is 0.200. The van der Waals surface area contributed by atoms with Gasteiger partial charge in [0, 0.05) is 23.7 Å². The highest BCUT2D eigenvalue weighted by atomic mass is 32.2. The molecule has 0 saturated heterocycles. The number of rotatable bonds is 8.